The highest BCUT2D eigenvalue weighted by Gasteiger charge is 2.26. The van der Waals surface area contributed by atoms with E-state index in [1.165, 1.54) is 12.1 Å². The first kappa shape index (κ1) is 25.8. The number of alkyl halides is 2. The van der Waals surface area contributed by atoms with Gasteiger partial charge in [-0.15, -0.1) is 11.3 Å². The van der Waals surface area contributed by atoms with Crippen LogP contribution in [-0.2, 0) is 6.61 Å². The van der Waals surface area contributed by atoms with E-state index in [-0.39, 0.29) is 27.8 Å². The summed E-state index contributed by atoms with van der Waals surface area (Å²) in [5, 5.41) is 3.03. The van der Waals surface area contributed by atoms with E-state index in [2.05, 4.69) is 32.9 Å². The predicted octanol–water partition coefficient (Wildman–Crippen LogP) is 7.03. The first-order valence-electron chi connectivity index (χ1n) is 11.2. The molecule has 11 heteroatoms. The zero-order valence-electron chi connectivity index (χ0n) is 19.4. The lowest BCUT2D eigenvalue weighted by Gasteiger charge is -2.10. The Bertz CT molecular complexity index is 1640. The molecule has 0 fully saturated rings. The van der Waals surface area contributed by atoms with Gasteiger partial charge in [0.2, 0.25) is 0 Å². The minimum absolute atomic E-state index is 0.0155. The molecule has 0 bridgehead atoms. The second-order valence-electron chi connectivity index (χ2n) is 8.07. The summed E-state index contributed by atoms with van der Waals surface area (Å²) in [5.74, 6) is -0.448. The van der Waals surface area contributed by atoms with Crippen molar-refractivity contribution in [3.63, 3.8) is 0 Å². The summed E-state index contributed by atoms with van der Waals surface area (Å²) in [7, 11) is 0. The fraction of sp³-hybridized carbons (Fsp3) is 0.0741. The van der Waals surface area contributed by atoms with Crippen LogP contribution in [0.1, 0.15) is 38.1 Å². The normalized spacial score (nSPS) is 11.2. The number of amides is 2. The minimum Gasteiger partial charge on any atom is -0.486 e. The van der Waals surface area contributed by atoms with Gasteiger partial charge >= 0.3 is 0 Å². The largest absolute Gasteiger partial charge is 0.486 e. The third-order valence-electron chi connectivity index (χ3n) is 5.53. The summed E-state index contributed by atoms with van der Waals surface area (Å²) in [6.45, 7) is 0.0975. The molecule has 7 nitrogen and oxygen atoms in total. The molecule has 0 saturated heterocycles. The van der Waals surface area contributed by atoms with Crippen LogP contribution in [0.3, 0.4) is 0 Å². The van der Waals surface area contributed by atoms with Gasteiger partial charge in [0.1, 0.15) is 33.5 Å². The molecule has 5 rings (SSSR count). The average Bonchev–Trinajstić information content (AvgIpc) is 3.53. The van der Waals surface area contributed by atoms with Crippen LogP contribution in [0.15, 0.2) is 77.2 Å². The smallest absolute Gasteiger partial charge is 0.291 e. The lowest BCUT2D eigenvalue weighted by Crippen LogP contribution is -2.16. The number of rotatable bonds is 8. The Morgan fingerprint density at radius 1 is 1.08 bits per heavy atom. The fourth-order valence-electron chi connectivity index (χ4n) is 3.81. The molecule has 3 N–H and O–H groups in total. The summed E-state index contributed by atoms with van der Waals surface area (Å²) in [6.07, 6.45) is -2.83. The number of hydrogen-bond acceptors (Lipinski definition) is 6. The van der Waals surface area contributed by atoms with E-state index < -0.39 is 23.9 Å². The number of nitrogens with two attached hydrogens (primary N) is 1. The SMILES string of the molecule is NC(=O)c1sc2nc(C(F)F)cc(-c3ccccc3)c2c1NC(=O)c1ccc(COc2ccc(I)cc2)o1. The Morgan fingerprint density at radius 3 is 2.50 bits per heavy atom. The number of fused-ring (bicyclic) bond motifs is 1. The molecule has 3 heterocycles. The van der Waals surface area contributed by atoms with Crippen molar-refractivity contribution in [3.05, 3.63) is 98.5 Å². The molecule has 0 aliphatic heterocycles. The van der Waals surface area contributed by atoms with Crippen LogP contribution >= 0.6 is 33.9 Å². The number of pyridine rings is 1. The van der Waals surface area contributed by atoms with Crippen LogP contribution in [0.25, 0.3) is 21.3 Å². The number of aromatic nitrogens is 1. The van der Waals surface area contributed by atoms with E-state index >= 15 is 0 Å². The number of nitrogens with zero attached hydrogens (tertiary/aromatic N) is 1. The van der Waals surface area contributed by atoms with E-state index in [0.29, 0.717) is 28.0 Å². The monoisotopic (exact) mass is 645 g/mol. The number of primary amides is 1. The van der Waals surface area contributed by atoms with Crippen LogP contribution in [0, 0.1) is 3.57 Å². The molecule has 0 aliphatic rings. The van der Waals surface area contributed by atoms with Crippen molar-refractivity contribution in [3.8, 4) is 16.9 Å². The van der Waals surface area contributed by atoms with E-state index in [1.54, 1.807) is 36.4 Å². The van der Waals surface area contributed by atoms with Gasteiger partial charge in [-0.25, -0.2) is 13.8 Å². The van der Waals surface area contributed by atoms with Gasteiger partial charge in [-0.05, 0) is 76.2 Å². The Balaban J connectivity index is 1.49. The summed E-state index contributed by atoms with van der Waals surface area (Å²) in [6, 6.07) is 20.6. The van der Waals surface area contributed by atoms with Gasteiger partial charge in [0.05, 0.1) is 5.69 Å². The van der Waals surface area contributed by atoms with Crippen molar-refractivity contribution in [1.82, 2.24) is 4.98 Å². The number of halogens is 3. The van der Waals surface area contributed by atoms with Crippen LogP contribution in [0.5, 0.6) is 5.75 Å². The van der Waals surface area contributed by atoms with Gasteiger partial charge in [-0.3, -0.25) is 9.59 Å². The van der Waals surface area contributed by atoms with Crippen molar-refractivity contribution in [2.45, 2.75) is 13.0 Å². The fourth-order valence-corrected chi connectivity index (χ4v) is 5.18. The van der Waals surface area contributed by atoms with Crippen LogP contribution in [-0.4, -0.2) is 16.8 Å². The molecule has 2 amide bonds. The van der Waals surface area contributed by atoms with Gasteiger partial charge in [0.25, 0.3) is 18.2 Å². The zero-order valence-corrected chi connectivity index (χ0v) is 22.4. The Hall–Kier alpha value is -3.84. The van der Waals surface area contributed by atoms with E-state index in [9.17, 15) is 18.4 Å². The number of hydrogen-bond donors (Lipinski definition) is 2. The van der Waals surface area contributed by atoms with Gasteiger partial charge < -0.3 is 20.2 Å². The summed E-state index contributed by atoms with van der Waals surface area (Å²) in [5.41, 5.74) is 6.22. The number of carbonyl (C=O) groups is 2. The number of ether oxygens (including phenoxy) is 1. The Labute approximate surface area is 232 Å². The van der Waals surface area contributed by atoms with E-state index in [4.69, 9.17) is 14.9 Å². The molecular weight excluding hydrogens is 627 g/mol. The Kier molecular flexibility index (Phi) is 7.38. The number of furan rings is 1. The third kappa shape index (κ3) is 5.38. The second kappa shape index (κ2) is 10.9. The van der Waals surface area contributed by atoms with Crippen molar-refractivity contribution < 1.29 is 27.5 Å². The molecule has 0 saturated carbocycles. The predicted molar refractivity (Wildman–Crippen MR) is 149 cm³/mol. The maximum Gasteiger partial charge on any atom is 0.291 e. The van der Waals surface area contributed by atoms with Crippen LogP contribution < -0.4 is 15.8 Å². The first-order chi connectivity index (χ1) is 18.3. The van der Waals surface area contributed by atoms with Gasteiger partial charge in [0, 0.05) is 8.96 Å². The van der Waals surface area contributed by atoms with E-state index in [0.717, 1.165) is 14.9 Å². The number of benzene rings is 2. The number of nitrogens with one attached hydrogen (secondary N) is 1. The summed E-state index contributed by atoms with van der Waals surface area (Å²) >= 11 is 3.03. The van der Waals surface area contributed by atoms with E-state index in [1.807, 2.05) is 24.3 Å². The lowest BCUT2D eigenvalue weighted by molar-refractivity contribution is 0.0992. The molecular formula is C27H18F2IN3O4S. The molecule has 38 heavy (non-hydrogen) atoms. The Morgan fingerprint density at radius 2 is 1.82 bits per heavy atom. The quantitative estimate of drug-likeness (QED) is 0.176. The van der Waals surface area contributed by atoms with Crippen molar-refractivity contribution in [2.75, 3.05) is 5.32 Å². The number of carbonyl (C=O) groups excluding carboxylic acids is 2. The second-order valence-corrected chi connectivity index (χ2v) is 10.3. The maximum absolute atomic E-state index is 13.6. The standard InChI is InChI=1S/C27H18F2IN3O4S/c28-24(29)19-12-18(14-4-2-1-3-5-14)21-22(23(25(31)34)38-27(21)32-19)33-26(35)20-11-10-17(37-20)13-36-16-8-6-15(30)7-9-16/h1-12,24H,13H2,(H2,31,34)(H,33,35). The van der Waals surface area contributed by atoms with Crippen molar-refractivity contribution >= 4 is 61.6 Å². The lowest BCUT2D eigenvalue weighted by atomic mass is 10.0. The van der Waals surface area contributed by atoms with Gasteiger partial charge in [-0.2, -0.15) is 0 Å². The molecule has 0 aliphatic carbocycles. The highest BCUT2D eigenvalue weighted by molar-refractivity contribution is 14.1. The zero-order chi connectivity index (χ0) is 26.8. The third-order valence-corrected chi connectivity index (χ3v) is 7.35. The van der Waals surface area contributed by atoms with Crippen LogP contribution in [0.2, 0.25) is 0 Å². The molecule has 2 aromatic carbocycles. The topological polar surface area (TPSA) is 107 Å². The van der Waals surface area contributed by atoms with Gasteiger partial charge in [-0.1, -0.05) is 30.3 Å². The molecule has 0 radical (unpaired) electrons. The molecule has 3 aromatic heterocycles. The summed E-state index contributed by atoms with van der Waals surface area (Å²) in [4.78, 5) is 29.6. The minimum atomic E-state index is -2.83. The highest BCUT2D eigenvalue weighted by Crippen LogP contribution is 2.42. The molecule has 0 unspecified atom stereocenters. The number of thiophene rings is 1. The first-order valence-corrected chi connectivity index (χ1v) is 13.1. The molecule has 192 valence electrons. The molecule has 0 atom stereocenters. The van der Waals surface area contributed by atoms with Crippen molar-refractivity contribution in [1.29, 1.82) is 0 Å². The molecule has 0 spiro atoms. The van der Waals surface area contributed by atoms with Gasteiger partial charge in [0.15, 0.2) is 5.76 Å². The average molecular weight is 645 g/mol. The highest BCUT2D eigenvalue weighted by atomic mass is 127. The molecule has 5 aromatic rings. The van der Waals surface area contributed by atoms with Crippen molar-refractivity contribution in [2.24, 2.45) is 5.73 Å². The van der Waals surface area contributed by atoms with Crippen LogP contribution in [0.4, 0.5) is 14.5 Å². The number of anilines is 1. The summed E-state index contributed by atoms with van der Waals surface area (Å²) < 4.78 is 39.7. The maximum atomic E-state index is 13.6.